The number of anilines is 1. The minimum absolute atomic E-state index is 0.146. The molecular weight excluding hydrogens is 402 g/mol. The monoisotopic (exact) mass is 425 g/mol. The largest absolute Gasteiger partial charge is 0.357 e. The molecule has 156 valence electrons. The molecule has 0 saturated carbocycles. The molecule has 0 bridgehead atoms. The molecule has 0 spiro atoms. The molecule has 0 radical (unpaired) electrons. The predicted molar refractivity (Wildman–Crippen MR) is 112 cm³/mol. The van der Waals surface area contributed by atoms with E-state index in [-0.39, 0.29) is 24.1 Å². The number of fused-ring (bicyclic) bond motifs is 1. The van der Waals surface area contributed by atoms with Crippen LogP contribution in [0.2, 0.25) is 0 Å². The zero-order valence-corrected chi connectivity index (χ0v) is 17.3. The summed E-state index contributed by atoms with van der Waals surface area (Å²) >= 11 is 1.60. The fourth-order valence-electron chi connectivity index (χ4n) is 4.38. The van der Waals surface area contributed by atoms with Crippen molar-refractivity contribution in [3.63, 3.8) is 0 Å². The molecule has 3 amide bonds. The number of aromatic nitrogens is 1. The maximum Gasteiger partial charge on any atom is 0.255 e. The highest BCUT2D eigenvalue weighted by molar-refractivity contribution is 7.13. The number of thiazole rings is 1. The summed E-state index contributed by atoms with van der Waals surface area (Å²) in [7, 11) is 0. The number of piperidine rings is 1. The van der Waals surface area contributed by atoms with Gasteiger partial charge in [-0.15, -0.1) is 11.3 Å². The van der Waals surface area contributed by atoms with Gasteiger partial charge in [0.2, 0.25) is 11.8 Å². The van der Waals surface area contributed by atoms with E-state index in [1.165, 1.54) is 6.42 Å². The molecule has 5 rings (SSSR count). The first kappa shape index (κ1) is 19.2. The van der Waals surface area contributed by atoms with Crippen molar-refractivity contribution in [1.29, 1.82) is 0 Å². The number of hydrogen-bond donors (Lipinski definition) is 3. The standard InChI is InChI=1S/C21H23N5O3S/c27-18-6-5-17(19(28)25-18)26-10-13-8-12(3-4-14(13)20(26)29)9-23-21-24-16(11-30-21)15-2-1-7-22-15/h3-4,8,11,15,17,22H,1-2,5-7,9-10H2,(H,23,24)(H,25,27,28)/t15-,17?/m0/s1. The van der Waals surface area contributed by atoms with E-state index in [0.29, 0.717) is 31.1 Å². The van der Waals surface area contributed by atoms with Crippen molar-refractivity contribution >= 4 is 34.2 Å². The molecule has 9 heteroatoms. The Morgan fingerprint density at radius 1 is 1.23 bits per heavy atom. The summed E-state index contributed by atoms with van der Waals surface area (Å²) in [6, 6.07) is 5.56. The van der Waals surface area contributed by atoms with Crippen molar-refractivity contribution in [1.82, 2.24) is 20.5 Å². The third-order valence-electron chi connectivity index (χ3n) is 5.97. The topological polar surface area (TPSA) is 103 Å². The molecule has 1 unspecified atom stereocenters. The van der Waals surface area contributed by atoms with Crippen LogP contribution in [0.3, 0.4) is 0 Å². The molecule has 2 aromatic rings. The van der Waals surface area contributed by atoms with E-state index in [0.717, 1.165) is 34.9 Å². The van der Waals surface area contributed by atoms with Gasteiger partial charge in [-0.1, -0.05) is 12.1 Å². The third-order valence-corrected chi connectivity index (χ3v) is 6.79. The predicted octanol–water partition coefficient (Wildman–Crippen LogP) is 1.94. The number of hydrogen-bond acceptors (Lipinski definition) is 7. The van der Waals surface area contributed by atoms with Crippen molar-refractivity contribution in [3.05, 3.63) is 46.0 Å². The maximum atomic E-state index is 12.8. The van der Waals surface area contributed by atoms with Gasteiger partial charge in [0.1, 0.15) is 6.04 Å². The maximum absolute atomic E-state index is 12.8. The summed E-state index contributed by atoms with van der Waals surface area (Å²) in [5.41, 5.74) is 3.70. The third kappa shape index (κ3) is 3.59. The summed E-state index contributed by atoms with van der Waals surface area (Å²) < 4.78 is 0. The van der Waals surface area contributed by atoms with Crippen molar-refractivity contribution in [2.75, 3.05) is 11.9 Å². The summed E-state index contributed by atoms with van der Waals surface area (Å²) in [4.78, 5) is 42.6. The summed E-state index contributed by atoms with van der Waals surface area (Å²) in [6.07, 6.45) is 2.96. The number of rotatable bonds is 5. The van der Waals surface area contributed by atoms with E-state index in [2.05, 4.69) is 21.3 Å². The fraction of sp³-hybridized carbons (Fsp3) is 0.429. The highest BCUT2D eigenvalue weighted by Crippen LogP contribution is 2.29. The second kappa shape index (κ2) is 7.81. The summed E-state index contributed by atoms with van der Waals surface area (Å²) in [5.74, 6) is -0.805. The van der Waals surface area contributed by atoms with Crippen LogP contribution in [0.15, 0.2) is 23.6 Å². The Balaban J connectivity index is 1.24. The van der Waals surface area contributed by atoms with Crippen molar-refractivity contribution in [2.45, 2.75) is 50.9 Å². The van der Waals surface area contributed by atoms with E-state index in [4.69, 9.17) is 4.98 Å². The van der Waals surface area contributed by atoms with Crippen molar-refractivity contribution < 1.29 is 14.4 Å². The Morgan fingerprint density at radius 3 is 2.93 bits per heavy atom. The number of benzene rings is 1. The Kier molecular flexibility index (Phi) is 5.00. The molecule has 1 aromatic carbocycles. The highest BCUT2D eigenvalue weighted by atomic mass is 32.1. The van der Waals surface area contributed by atoms with E-state index in [1.54, 1.807) is 16.2 Å². The van der Waals surface area contributed by atoms with Gasteiger partial charge in [-0.05, 0) is 43.0 Å². The van der Waals surface area contributed by atoms with Gasteiger partial charge in [0.15, 0.2) is 5.13 Å². The lowest BCUT2D eigenvalue weighted by molar-refractivity contribution is -0.136. The molecule has 1 aromatic heterocycles. The number of imide groups is 1. The van der Waals surface area contributed by atoms with Crippen LogP contribution in [0.5, 0.6) is 0 Å². The smallest absolute Gasteiger partial charge is 0.255 e. The van der Waals surface area contributed by atoms with Crippen LogP contribution in [-0.4, -0.2) is 40.2 Å². The van der Waals surface area contributed by atoms with Crippen LogP contribution in [0.1, 0.15) is 58.9 Å². The molecule has 4 heterocycles. The van der Waals surface area contributed by atoms with E-state index in [1.807, 2.05) is 18.2 Å². The van der Waals surface area contributed by atoms with Gasteiger partial charge in [-0.25, -0.2) is 4.98 Å². The lowest BCUT2D eigenvalue weighted by Crippen LogP contribution is -2.52. The zero-order chi connectivity index (χ0) is 20.7. The first-order chi connectivity index (χ1) is 14.6. The second-order valence-electron chi connectivity index (χ2n) is 7.97. The second-order valence-corrected chi connectivity index (χ2v) is 8.83. The Labute approximate surface area is 178 Å². The van der Waals surface area contributed by atoms with E-state index >= 15 is 0 Å². The van der Waals surface area contributed by atoms with Crippen LogP contribution < -0.4 is 16.0 Å². The minimum atomic E-state index is -0.581. The molecular formula is C21H23N5O3S. The van der Waals surface area contributed by atoms with Crippen LogP contribution in [0, 0.1) is 0 Å². The number of carbonyl (C=O) groups is 3. The Bertz CT molecular complexity index is 1010. The highest BCUT2D eigenvalue weighted by Gasteiger charge is 2.39. The molecule has 8 nitrogen and oxygen atoms in total. The van der Waals surface area contributed by atoms with Crippen LogP contribution in [0.4, 0.5) is 5.13 Å². The zero-order valence-electron chi connectivity index (χ0n) is 16.4. The molecule has 2 saturated heterocycles. The number of nitrogens with zero attached hydrogens (tertiary/aromatic N) is 2. The minimum Gasteiger partial charge on any atom is -0.357 e. The van der Waals surface area contributed by atoms with Crippen molar-refractivity contribution in [2.24, 2.45) is 0 Å². The average Bonchev–Trinajstić information content (AvgIpc) is 3.47. The quantitative estimate of drug-likeness (QED) is 0.633. The van der Waals surface area contributed by atoms with Gasteiger partial charge in [-0.3, -0.25) is 19.7 Å². The molecule has 3 N–H and O–H groups in total. The Morgan fingerprint density at radius 2 is 2.13 bits per heavy atom. The molecule has 2 fully saturated rings. The first-order valence-electron chi connectivity index (χ1n) is 10.3. The molecule has 30 heavy (non-hydrogen) atoms. The average molecular weight is 426 g/mol. The van der Waals surface area contributed by atoms with Gasteiger partial charge in [-0.2, -0.15) is 0 Å². The lowest BCUT2D eigenvalue weighted by atomic mass is 10.0. The van der Waals surface area contributed by atoms with Gasteiger partial charge in [0.25, 0.3) is 5.91 Å². The molecule has 0 aliphatic carbocycles. The number of nitrogens with one attached hydrogen (secondary N) is 3. The lowest BCUT2D eigenvalue weighted by Gasteiger charge is -2.29. The van der Waals surface area contributed by atoms with Crippen LogP contribution in [-0.2, 0) is 22.7 Å². The van der Waals surface area contributed by atoms with Gasteiger partial charge < -0.3 is 15.5 Å². The molecule has 3 aliphatic heterocycles. The Hall–Kier alpha value is -2.78. The van der Waals surface area contributed by atoms with Gasteiger partial charge in [0, 0.05) is 30.5 Å². The van der Waals surface area contributed by atoms with Crippen LogP contribution in [0.25, 0.3) is 0 Å². The molecule has 2 atom stereocenters. The van der Waals surface area contributed by atoms with E-state index in [9.17, 15) is 14.4 Å². The number of amides is 3. The number of carbonyl (C=O) groups excluding carboxylic acids is 3. The first-order valence-corrected chi connectivity index (χ1v) is 11.2. The van der Waals surface area contributed by atoms with Gasteiger partial charge in [0.05, 0.1) is 11.7 Å². The SMILES string of the molecule is O=C1CCC(N2Cc3cc(CNc4nc([C@@H]5CCCN5)cs4)ccc3C2=O)C(=O)N1. The van der Waals surface area contributed by atoms with Crippen molar-refractivity contribution in [3.8, 4) is 0 Å². The summed E-state index contributed by atoms with van der Waals surface area (Å²) in [6.45, 7) is 2.06. The van der Waals surface area contributed by atoms with Crippen LogP contribution >= 0.6 is 11.3 Å². The summed E-state index contributed by atoms with van der Waals surface area (Å²) in [5, 5.41) is 12.2. The molecule has 3 aliphatic rings. The van der Waals surface area contributed by atoms with Gasteiger partial charge >= 0.3 is 0 Å². The fourth-order valence-corrected chi connectivity index (χ4v) is 5.14. The van der Waals surface area contributed by atoms with E-state index < -0.39 is 6.04 Å². The normalized spacial score (nSPS) is 23.6.